The third-order valence-electron chi connectivity index (χ3n) is 3.73. The number of carbonyl (C=O) groups excluding carboxylic acids is 2. The molecule has 0 aromatic heterocycles. The molecule has 0 atom stereocenters. The molecule has 150 valence electrons. The van der Waals surface area contributed by atoms with Crippen LogP contribution in [0.4, 0.5) is 0 Å². The van der Waals surface area contributed by atoms with E-state index < -0.39 is 5.97 Å². The molecule has 0 bridgehead atoms. The van der Waals surface area contributed by atoms with Gasteiger partial charge in [-0.3, -0.25) is 4.79 Å². The van der Waals surface area contributed by atoms with Crippen LogP contribution in [0.1, 0.15) is 22.8 Å². The number of benzene rings is 2. The van der Waals surface area contributed by atoms with Gasteiger partial charge in [-0.2, -0.15) is 0 Å². The number of ketones is 1. The Morgan fingerprint density at radius 1 is 1.03 bits per heavy atom. The number of ether oxygens (including phenoxy) is 4. The van der Waals surface area contributed by atoms with E-state index in [-0.39, 0.29) is 19.0 Å². The zero-order valence-electron chi connectivity index (χ0n) is 16.3. The predicted molar refractivity (Wildman–Crippen MR) is 109 cm³/mol. The summed E-state index contributed by atoms with van der Waals surface area (Å²) in [5.41, 5.74) is 1.28. The molecule has 0 N–H and O–H groups in total. The first-order chi connectivity index (χ1) is 14.1. The lowest BCUT2D eigenvalue weighted by Crippen LogP contribution is -2.12. The van der Waals surface area contributed by atoms with Crippen molar-refractivity contribution in [1.82, 2.24) is 0 Å². The lowest BCUT2D eigenvalue weighted by atomic mass is 10.1. The van der Waals surface area contributed by atoms with Crippen molar-refractivity contribution in [2.75, 3.05) is 26.9 Å². The third kappa shape index (κ3) is 6.74. The van der Waals surface area contributed by atoms with E-state index in [1.165, 1.54) is 13.2 Å². The zero-order valence-corrected chi connectivity index (χ0v) is 16.3. The molecule has 0 spiro atoms. The Bertz CT molecular complexity index is 906. The number of allylic oxidation sites excluding steroid dienone is 1. The summed E-state index contributed by atoms with van der Waals surface area (Å²) >= 11 is 0. The Labute approximate surface area is 170 Å². The Morgan fingerprint density at radius 2 is 1.79 bits per heavy atom. The second-order valence-corrected chi connectivity index (χ2v) is 5.72. The number of rotatable bonds is 10. The SMILES string of the molecule is C#CCOc1ccc(/C=C/C(=O)c2ccc(OCC(=O)OC)cc2)cc1OCC. The molecule has 0 aliphatic carbocycles. The number of hydrogen-bond donors (Lipinski definition) is 0. The summed E-state index contributed by atoms with van der Waals surface area (Å²) in [6, 6.07) is 11.8. The quantitative estimate of drug-likeness (QED) is 0.266. The lowest BCUT2D eigenvalue weighted by molar-refractivity contribution is -0.142. The summed E-state index contributed by atoms with van der Waals surface area (Å²) in [4.78, 5) is 23.5. The van der Waals surface area contributed by atoms with E-state index in [4.69, 9.17) is 20.6 Å². The largest absolute Gasteiger partial charge is 0.490 e. The Hall–Kier alpha value is -3.72. The highest BCUT2D eigenvalue weighted by molar-refractivity contribution is 6.06. The monoisotopic (exact) mass is 394 g/mol. The van der Waals surface area contributed by atoms with E-state index in [0.29, 0.717) is 29.4 Å². The molecule has 6 heteroatoms. The molecular formula is C23H22O6. The van der Waals surface area contributed by atoms with Gasteiger partial charge in [0.25, 0.3) is 0 Å². The molecule has 0 unspecified atom stereocenters. The highest BCUT2D eigenvalue weighted by atomic mass is 16.6. The highest BCUT2D eigenvalue weighted by Gasteiger charge is 2.07. The fraction of sp³-hybridized carbons (Fsp3) is 0.217. The molecule has 2 rings (SSSR count). The second-order valence-electron chi connectivity index (χ2n) is 5.72. The Balaban J connectivity index is 2.05. The van der Waals surface area contributed by atoms with Crippen LogP contribution in [0.15, 0.2) is 48.5 Å². The molecule has 0 aliphatic rings. The van der Waals surface area contributed by atoms with Crippen molar-refractivity contribution >= 4 is 17.8 Å². The van der Waals surface area contributed by atoms with E-state index in [1.807, 2.05) is 13.0 Å². The van der Waals surface area contributed by atoms with E-state index in [0.717, 1.165) is 5.56 Å². The molecule has 0 radical (unpaired) electrons. The van der Waals surface area contributed by atoms with Crippen molar-refractivity contribution in [1.29, 1.82) is 0 Å². The average molecular weight is 394 g/mol. The summed E-state index contributed by atoms with van der Waals surface area (Å²) in [6.45, 7) is 2.30. The van der Waals surface area contributed by atoms with Gasteiger partial charge in [0.2, 0.25) is 0 Å². The van der Waals surface area contributed by atoms with Crippen LogP contribution in [0.2, 0.25) is 0 Å². The van der Waals surface area contributed by atoms with E-state index in [1.54, 1.807) is 42.5 Å². The summed E-state index contributed by atoms with van der Waals surface area (Å²) in [5.74, 6) is 3.35. The van der Waals surface area contributed by atoms with Crippen LogP contribution in [-0.2, 0) is 9.53 Å². The first kappa shape index (κ1) is 21.6. The van der Waals surface area contributed by atoms with Crippen LogP contribution < -0.4 is 14.2 Å². The van der Waals surface area contributed by atoms with E-state index >= 15 is 0 Å². The molecule has 0 saturated heterocycles. The molecule has 0 saturated carbocycles. The maximum absolute atomic E-state index is 12.4. The van der Waals surface area contributed by atoms with Gasteiger partial charge < -0.3 is 18.9 Å². The standard InChI is InChI=1S/C23H22O6/c1-4-14-28-21-13-7-17(15-22(21)27-5-2)6-12-20(24)18-8-10-19(11-9-18)29-16-23(25)26-3/h1,6-13,15H,5,14,16H2,2-3H3/b12-6+. The second kappa shape index (κ2) is 11.2. The minimum absolute atomic E-state index is 0.146. The molecule has 2 aromatic rings. The third-order valence-corrected chi connectivity index (χ3v) is 3.73. The first-order valence-corrected chi connectivity index (χ1v) is 8.92. The van der Waals surface area contributed by atoms with Crippen molar-refractivity contribution in [3.8, 4) is 29.6 Å². The van der Waals surface area contributed by atoms with Gasteiger partial charge in [0.15, 0.2) is 23.9 Å². The van der Waals surface area contributed by atoms with E-state index in [9.17, 15) is 9.59 Å². The Kier molecular flexibility index (Phi) is 8.33. The van der Waals surface area contributed by atoms with Gasteiger partial charge in [0.1, 0.15) is 12.4 Å². The fourth-order valence-corrected chi connectivity index (χ4v) is 2.32. The normalized spacial score (nSPS) is 10.2. The number of carbonyl (C=O) groups is 2. The minimum atomic E-state index is -0.477. The number of methoxy groups -OCH3 is 1. The van der Waals surface area contributed by atoms with Crippen molar-refractivity contribution in [2.24, 2.45) is 0 Å². The summed E-state index contributed by atoms with van der Waals surface area (Å²) in [7, 11) is 1.29. The van der Waals surface area contributed by atoms with E-state index in [2.05, 4.69) is 10.7 Å². The zero-order chi connectivity index (χ0) is 21.1. The molecule has 6 nitrogen and oxygen atoms in total. The average Bonchev–Trinajstić information content (AvgIpc) is 2.75. The van der Waals surface area contributed by atoms with Gasteiger partial charge >= 0.3 is 5.97 Å². The van der Waals surface area contributed by atoms with Gasteiger partial charge in [0, 0.05) is 5.56 Å². The number of esters is 1. The predicted octanol–water partition coefficient (Wildman–Crippen LogP) is 3.55. The number of hydrogen-bond acceptors (Lipinski definition) is 6. The van der Waals surface area contributed by atoms with Crippen molar-refractivity contribution in [3.05, 3.63) is 59.7 Å². The van der Waals surface area contributed by atoms with Crippen LogP contribution >= 0.6 is 0 Å². The van der Waals surface area contributed by atoms with Crippen LogP contribution in [0, 0.1) is 12.3 Å². The fourth-order valence-electron chi connectivity index (χ4n) is 2.32. The topological polar surface area (TPSA) is 71.1 Å². The van der Waals surface area contributed by atoms with Crippen LogP contribution in [0.3, 0.4) is 0 Å². The lowest BCUT2D eigenvalue weighted by Gasteiger charge is -2.10. The van der Waals surface area contributed by atoms with Crippen LogP contribution in [-0.4, -0.2) is 38.7 Å². The molecule has 0 fully saturated rings. The molecule has 29 heavy (non-hydrogen) atoms. The smallest absolute Gasteiger partial charge is 0.343 e. The van der Waals surface area contributed by atoms with Crippen molar-refractivity contribution in [3.63, 3.8) is 0 Å². The van der Waals surface area contributed by atoms with Gasteiger partial charge in [-0.15, -0.1) is 6.42 Å². The molecule has 0 heterocycles. The molecule has 2 aromatic carbocycles. The maximum atomic E-state index is 12.4. The maximum Gasteiger partial charge on any atom is 0.343 e. The molecular weight excluding hydrogens is 372 g/mol. The van der Waals surface area contributed by atoms with Gasteiger partial charge in [-0.1, -0.05) is 18.1 Å². The molecule has 0 aliphatic heterocycles. The molecule has 0 amide bonds. The Morgan fingerprint density at radius 3 is 2.45 bits per heavy atom. The summed E-state index contributed by atoms with van der Waals surface area (Å²) in [5, 5.41) is 0. The summed E-state index contributed by atoms with van der Waals surface area (Å²) < 4.78 is 20.8. The van der Waals surface area contributed by atoms with Gasteiger partial charge in [-0.25, -0.2) is 4.79 Å². The van der Waals surface area contributed by atoms with Crippen LogP contribution in [0.25, 0.3) is 6.08 Å². The van der Waals surface area contributed by atoms with Crippen molar-refractivity contribution < 1.29 is 28.5 Å². The number of terminal acetylenes is 1. The highest BCUT2D eigenvalue weighted by Crippen LogP contribution is 2.29. The van der Waals surface area contributed by atoms with Crippen LogP contribution in [0.5, 0.6) is 17.2 Å². The first-order valence-electron chi connectivity index (χ1n) is 8.92. The summed E-state index contributed by atoms with van der Waals surface area (Å²) in [6.07, 6.45) is 8.38. The minimum Gasteiger partial charge on any atom is -0.490 e. The van der Waals surface area contributed by atoms with Crippen molar-refractivity contribution in [2.45, 2.75) is 6.92 Å². The van der Waals surface area contributed by atoms with Gasteiger partial charge in [-0.05, 0) is 55.0 Å². The van der Waals surface area contributed by atoms with Gasteiger partial charge in [0.05, 0.1) is 13.7 Å².